The molecule has 0 saturated carbocycles. The lowest BCUT2D eigenvalue weighted by Gasteiger charge is -2.09. The Morgan fingerprint density at radius 2 is 1.96 bits per heavy atom. The van der Waals surface area contributed by atoms with E-state index in [9.17, 15) is 14.9 Å². The molecule has 0 unspecified atom stereocenters. The van der Waals surface area contributed by atoms with Crippen LogP contribution in [0.1, 0.15) is 10.4 Å². The highest BCUT2D eigenvalue weighted by molar-refractivity contribution is 6.06. The summed E-state index contributed by atoms with van der Waals surface area (Å²) in [5, 5.41) is 25.2. The minimum absolute atomic E-state index is 0.122. The minimum atomic E-state index is -0.817. The van der Waals surface area contributed by atoms with Gasteiger partial charge >= 0.3 is 6.01 Å². The number of carbonyl (C=O) groups excluding carboxylic acids is 1. The predicted molar refractivity (Wildman–Crippen MR) is 90.7 cm³/mol. The molecule has 0 radical (unpaired) electrons. The maximum Gasteiger partial charge on any atom is 0.322 e. The summed E-state index contributed by atoms with van der Waals surface area (Å²) >= 11 is 0. The van der Waals surface area contributed by atoms with Crippen molar-refractivity contribution >= 4 is 17.6 Å². The SMILES string of the molecule is COc1cc(C(=O)Nc2nnc(-c3ccnn3C)o2)c([N+](=O)[O-])cc1OC. The average molecular weight is 374 g/mol. The zero-order chi connectivity index (χ0) is 19.6. The molecule has 3 rings (SSSR count). The smallest absolute Gasteiger partial charge is 0.322 e. The average Bonchev–Trinajstić information content (AvgIpc) is 3.28. The number of anilines is 1. The monoisotopic (exact) mass is 374 g/mol. The number of rotatable bonds is 6. The van der Waals surface area contributed by atoms with Gasteiger partial charge in [0.25, 0.3) is 17.5 Å². The van der Waals surface area contributed by atoms with E-state index in [1.807, 2.05) is 0 Å². The maximum absolute atomic E-state index is 12.5. The number of benzene rings is 1. The van der Waals surface area contributed by atoms with Crippen molar-refractivity contribution in [1.82, 2.24) is 20.0 Å². The van der Waals surface area contributed by atoms with Crippen LogP contribution in [0.2, 0.25) is 0 Å². The van der Waals surface area contributed by atoms with Crippen LogP contribution in [0.25, 0.3) is 11.6 Å². The van der Waals surface area contributed by atoms with Gasteiger partial charge in [-0.15, -0.1) is 5.10 Å². The first-order valence-corrected chi connectivity index (χ1v) is 7.48. The maximum atomic E-state index is 12.5. The number of nitrogens with one attached hydrogen (secondary N) is 1. The van der Waals surface area contributed by atoms with Gasteiger partial charge in [-0.2, -0.15) is 5.10 Å². The number of amides is 1. The fourth-order valence-electron chi connectivity index (χ4n) is 2.33. The van der Waals surface area contributed by atoms with E-state index in [0.29, 0.717) is 5.69 Å². The van der Waals surface area contributed by atoms with Crippen LogP contribution in [0.3, 0.4) is 0 Å². The van der Waals surface area contributed by atoms with Crippen molar-refractivity contribution in [1.29, 1.82) is 0 Å². The van der Waals surface area contributed by atoms with E-state index in [0.717, 1.165) is 6.07 Å². The number of ether oxygens (including phenoxy) is 2. The fourth-order valence-corrected chi connectivity index (χ4v) is 2.33. The van der Waals surface area contributed by atoms with Crippen molar-refractivity contribution in [2.75, 3.05) is 19.5 Å². The lowest BCUT2D eigenvalue weighted by atomic mass is 10.1. The number of aryl methyl sites for hydroxylation is 1. The van der Waals surface area contributed by atoms with Gasteiger partial charge in [0.15, 0.2) is 11.5 Å². The van der Waals surface area contributed by atoms with Gasteiger partial charge in [-0.05, 0) is 6.07 Å². The molecule has 12 nitrogen and oxygen atoms in total. The van der Waals surface area contributed by atoms with Crippen LogP contribution in [0.4, 0.5) is 11.7 Å². The van der Waals surface area contributed by atoms with Gasteiger partial charge in [-0.25, -0.2) is 0 Å². The molecule has 0 fully saturated rings. The summed E-state index contributed by atoms with van der Waals surface area (Å²) in [6.45, 7) is 0. The van der Waals surface area contributed by atoms with Crippen LogP contribution in [0.5, 0.6) is 11.5 Å². The van der Waals surface area contributed by atoms with Gasteiger partial charge in [-0.1, -0.05) is 5.10 Å². The highest BCUT2D eigenvalue weighted by Crippen LogP contribution is 2.34. The molecule has 1 N–H and O–H groups in total. The van der Waals surface area contributed by atoms with E-state index >= 15 is 0 Å². The molecule has 0 aliphatic rings. The molecule has 12 heteroatoms. The summed E-state index contributed by atoms with van der Waals surface area (Å²) in [7, 11) is 4.37. The zero-order valence-electron chi connectivity index (χ0n) is 14.5. The molecular formula is C15H14N6O6. The summed E-state index contributed by atoms with van der Waals surface area (Å²) in [4.78, 5) is 23.1. The number of nitro benzene ring substituents is 1. The third-order valence-electron chi connectivity index (χ3n) is 3.63. The van der Waals surface area contributed by atoms with Crippen LogP contribution in [-0.4, -0.2) is 45.0 Å². The van der Waals surface area contributed by atoms with E-state index in [2.05, 4.69) is 20.6 Å². The molecule has 2 aromatic heterocycles. The van der Waals surface area contributed by atoms with Gasteiger partial charge < -0.3 is 13.9 Å². The van der Waals surface area contributed by atoms with Crippen molar-refractivity contribution in [2.24, 2.45) is 7.05 Å². The number of aromatic nitrogens is 4. The minimum Gasteiger partial charge on any atom is -0.493 e. The quantitative estimate of drug-likeness (QED) is 0.502. The molecule has 2 heterocycles. The lowest BCUT2D eigenvalue weighted by Crippen LogP contribution is -2.14. The van der Waals surface area contributed by atoms with E-state index in [-0.39, 0.29) is 29.0 Å². The number of carbonyl (C=O) groups is 1. The molecule has 0 aliphatic carbocycles. The van der Waals surface area contributed by atoms with Crippen molar-refractivity contribution < 1.29 is 23.6 Å². The van der Waals surface area contributed by atoms with Gasteiger partial charge in [-0.3, -0.25) is 24.9 Å². The van der Waals surface area contributed by atoms with E-state index in [1.165, 1.54) is 25.0 Å². The third-order valence-corrected chi connectivity index (χ3v) is 3.63. The fraction of sp³-hybridized carbons (Fsp3) is 0.200. The van der Waals surface area contributed by atoms with E-state index in [4.69, 9.17) is 13.9 Å². The molecule has 0 spiro atoms. The largest absolute Gasteiger partial charge is 0.493 e. The molecule has 0 saturated heterocycles. The number of nitrogens with zero attached hydrogens (tertiary/aromatic N) is 5. The van der Waals surface area contributed by atoms with Gasteiger partial charge in [0, 0.05) is 19.3 Å². The number of nitro groups is 1. The number of hydrogen-bond acceptors (Lipinski definition) is 9. The predicted octanol–water partition coefficient (Wildman–Crippen LogP) is 1.65. The Morgan fingerprint density at radius 1 is 1.26 bits per heavy atom. The Bertz CT molecular complexity index is 1010. The molecule has 0 aliphatic heterocycles. The molecule has 0 bridgehead atoms. The molecule has 0 atom stereocenters. The summed E-state index contributed by atoms with van der Waals surface area (Å²) in [5.74, 6) is -0.402. The van der Waals surface area contributed by atoms with E-state index in [1.54, 1.807) is 19.3 Å². The first-order chi connectivity index (χ1) is 12.9. The second kappa shape index (κ2) is 7.11. The Kier molecular flexibility index (Phi) is 4.70. The highest BCUT2D eigenvalue weighted by Gasteiger charge is 2.26. The van der Waals surface area contributed by atoms with E-state index < -0.39 is 16.5 Å². The Morgan fingerprint density at radius 3 is 2.56 bits per heavy atom. The molecule has 1 aromatic carbocycles. The Labute approximate surface area is 151 Å². The second-order valence-electron chi connectivity index (χ2n) is 5.19. The second-order valence-corrected chi connectivity index (χ2v) is 5.19. The van der Waals surface area contributed by atoms with Crippen molar-refractivity contribution in [3.8, 4) is 23.1 Å². The van der Waals surface area contributed by atoms with Crippen LogP contribution < -0.4 is 14.8 Å². The van der Waals surface area contributed by atoms with Gasteiger partial charge in [0.2, 0.25) is 0 Å². The first kappa shape index (κ1) is 17.8. The molecule has 140 valence electrons. The lowest BCUT2D eigenvalue weighted by molar-refractivity contribution is -0.385. The van der Waals surface area contributed by atoms with Crippen LogP contribution in [0, 0.1) is 10.1 Å². The van der Waals surface area contributed by atoms with Crippen molar-refractivity contribution in [3.05, 3.63) is 40.1 Å². The van der Waals surface area contributed by atoms with Gasteiger partial charge in [0.05, 0.1) is 25.2 Å². The third kappa shape index (κ3) is 3.40. The van der Waals surface area contributed by atoms with Gasteiger partial charge in [0.1, 0.15) is 11.3 Å². The first-order valence-electron chi connectivity index (χ1n) is 7.48. The Balaban J connectivity index is 1.91. The summed E-state index contributed by atoms with van der Waals surface area (Å²) in [6, 6.07) is 3.73. The van der Waals surface area contributed by atoms with Crippen molar-refractivity contribution in [2.45, 2.75) is 0 Å². The topological polar surface area (TPSA) is 147 Å². The number of hydrogen-bond donors (Lipinski definition) is 1. The zero-order valence-corrected chi connectivity index (χ0v) is 14.5. The number of methoxy groups -OCH3 is 2. The van der Waals surface area contributed by atoms with Crippen LogP contribution >= 0.6 is 0 Å². The van der Waals surface area contributed by atoms with Crippen LogP contribution in [-0.2, 0) is 7.05 Å². The normalized spacial score (nSPS) is 10.5. The summed E-state index contributed by atoms with van der Waals surface area (Å²) < 4.78 is 17.0. The molecule has 1 amide bonds. The standard InChI is InChI=1S/C15H14N6O6/c1-20-9(4-5-16-20)14-18-19-15(27-14)17-13(22)8-6-11(25-2)12(26-3)7-10(8)21(23)24/h4-7H,1-3H3,(H,17,19,22). The summed E-state index contributed by atoms with van der Waals surface area (Å²) in [6.07, 6.45) is 1.55. The highest BCUT2D eigenvalue weighted by atomic mass is 16.6. The molecule has 27 heavy (non-hydrogen) atoms. The van der Waals surface area contributed by atoms with Crippen molar-refractivity contribution in [3.63, 3.8) is 0 Å². The molecular weight excluding hydrogens is 360 g/mol. The Hall–Kier alpha value is -3.96. The summed E-state index contributed by atoms with van der Waals surface area (Å²) in [5.41, 5.74) is -0.172. The molecule has 3 aromatic rings. The van der Waals surface area contributed by atoms with Crippen LogP contribution in [0.15, 0.2) is 28.8 Å².